The van der Waals surface area contributed by atoms with Crippen LogP contribution in [0.3, 0.4) is 0 Å². The number of carbonyl (C=O) groups excluding carboxylic acids is 1. The van der Waals surface area contributed by atoms with Gasteiger partial charge in [0.05, 0.1) is 12.1 Å². The minimum atomic E-state index is -0.489. The summed E-state index contributed by atoms with van der Waals surface area (Å²) in [4.78, 5) is 11.8. The second-order valence-electron chi connectivity index (χ2n) is 4.30. The van der Waals surface area contributed by atoms with Crippen LogP contribution in [0.1, 0.15) is 35.2 Å². The van der Waals surface area contributed by atoms with Gasteiger partial charge in [0.15, 0.2) is 0 Å². The molecule has 18 heavy (non-hydrogen) atoms. The minimum Gasteiger partial charge on any atom is -0.349 e. The molecule has 3 nitrogen and oxygen atoms in total. The lowest BCUT2D eigenvalue weighted by atomic mass is 9.93. The van der Waals surface area contributed by atoms with Gasteiger partial charge < -0.3 is 11.1 Å². The highest BCUT2D eigenvalue weighted by Gasteiger charge is 2.20. The van der Waals surface area contributed by atoms with Gasteiger partial charge in [-0.05, 0) is 37.5 Å². The average Bonchev–Trinajstić information content (AvgIpc) is 2.32. The normalized spacial score (nSPS) is 14.3. The molecule has 1 aromatic rings. The van der Waals surface area contributed by atoms with Crippen LogP contribution in [0.25, 0.3) is 0 Å². The Morgan fingerprint density at radius 2 is 2.28 bits per heavy atom. The van der Waals surface area contributed by atoms with Crippen molar-refractivity contribution in [3.05, 3.63) is 35.1 Å². The van der Waals surface area contributed by atoms with E-state index in [1.165, 1.54) is 12.1 Å². The Kier molecular flexibility index (Phi) is 3.96. The van der Waals surface area contributed by atoms with Gasteiger partial charge in [-0.3, -0.25) is 4.79 Å². The number of rotatable bonds is 2. The zero-order chi connectivity index (χ0) is 13.0. The van der Waals surface area contributed by atoms with Crippen molar-refractivity contribution in [2.45, 2.75) is 25.3 Å². The molecule has 3 N–H and O–H groups in total. The molecule has 0 saturated heterocycles. The molecule has 0 aromatic heterocycles. The van der Waals surface area contributed by atoms with Crippen molar-refractivity contribution in [2.24, 2.45) is 5.73 Å². The number of hydrogen-bond acceptors (Lipinski definition) is 2. The summed E-state index contributed by atoms with van der Waals surface area (Å²) in [5.74, 6) is 4.49. The first-order valence-electron chi connectivity index (χ1n) is 6.00. The molecule has 0 unspecified atom stereocenters. The number of halogens is 1. The summed E-state index contributed by atoms with van der Waals surface area (Å²) in [6.07, 6.45) is 3.16. The Morgan fingerprint density at radius 1 is 1.50 bits per heavy atom. The lowest BCUT2D eigenvalue weighted by Crippen LogP contribution is -2.39. The molecule has 0 heterocycles. The average molecular weight is 246 g/mol. The van der Waals surface area contributed by atoms with Crippen LogP contribution in [0, 0.1) is 17.7 Å². The fourth-order valence-electron chi connectivity index (χ4n) is 1.73. The third-order valence-corrected chi connectivity index (χ3v) is 3.00. The first-order valence-corrected chi connectivity index (χ1v) is 6.00. The minimum absolute atomic E-state index is 0.184. The first kappa shape index (κ1) is 12.6. The van der Waals surface area contributed by atoms with E-state index in [9.17, 15) is 9.18 Å². The molecule has 0 spiro atoms. The Morgan fingerprint density at radius 3 is 2.83 bits per heavy atom. The zero-order valence-corrected chi connectivity index (χ0v) is 10.0. The molecular weight excluding hydrogens is 231 g/mol. The summed E-state index contributed by atoms with van der Waals surface area (Å²) in [6, 6.07) is 4.55. The Hall–Kier alpha value is -1.86. The monoisotopic (exact) mass is 246 g/mol. The highest BCUT2D eigenvalue weighted by Crippen LogP contribution is 2.19. The highest BCUT2D eigenvalue weighted by atomic mass is 19.1. The number of hydrogen-bond donors (Lipinski definition) is 2. The van der Waals surface area contributed by atoms with Gasteiger partial charge in [-0.15, -0.1) is 0 Å². The van der Waals surface area contributed by atoms with Gasteiger partial charge in [-0.1, -0.05) is 11.8 Å². The fourth-order valence-corrected chi connectivity index (χ4v) is 1.73. The van der Waals surface area contributed by atoms with Crippen LogP contribution in [0.4, 0.5) is 4.39 Å². The first-order chi connectivity index (χ1) is 8.70. The van der Waals surface area contributed by atoms with Gasteiger partial charge in [0.25, 0.3) is 5.91 Å². The second-order valence-corrected chi connectivity index (χ2v) is 4.30. The van der Waals surface area contributed by atoms with E-state index in [0.29, 0.717) is 5.56 Å². The third-order valence-electron chi connectivity index (χ3n) is 3.00. The van der Waals surface area contributed by atoms with Crippen LogP contribution in [0.5, 0.6) is 0 Å². The molecule has 0 bridgehead atoms. The molecule has 2 rings (SSSR count). The quantitative estimate of drug-likeness (QED) is 0.775. The molecule has 1 aliphatic carbocycles. The zero-order valence-electron chi connectivity index (χ0n) is 10.0. The van der Waals surface area contributed by atoms with Crippen molar-refractivity contribution in [1.82, 2.24) is 5.32 Å². The molecule has 1 aliphatic rings. The topological polar surface area (TPSA) is 55.1 Å². The van der Waals surface area contributed by atoms with Gasteiger partial charge in [-0.25, -0.2) is 4.39 Å². The molecule has 0 atom stereocenters. The van der Waals surface area contributed by atoms with Crippen LogP contribution in [0.2, 0.25) is 0 Å². The fraction of sp³-hybridized carbons (Fsp3) is 0.357. The standard InChI is InChI=1S/C14H15FN2O/c15-13-9-11(7-6-10(13)3-2-8-16)14(18)17-12-4-1-5-12/h6-7,9,12H,1,4-5,8,16H2,(H,17,18). The van der Waals surface area contributed by atoms with Crippen LogP contribution >= 0.6 is 0 Å². The van der Waals surface area contributed by atoms with E-state index >= 15 is 0 Å². The SMILES string of the molecule is NCC#Cc1ccc(C(=O)NC2CCC2)cc1F. The van der Waals surface area contributed by atoms with Crippen molar-refractivity contribution in [2.75, 3.05) is 6.54 Å². The number of amides is 1. The molecule has 1 saturated carbocycles. The van der Waals surface area contributed by atoms with Crippen LogP contribution in [-0.4, -0.2) is 18.5 Å². The van der Waals surface area contributed by atoms with E-state index in [-0.39, 0.29) is 24.1 Å². The summed E-state index contributed by atoms with van der Waals surface area (Å²) >= 11 is 0. The predicted molar refractivity (Wildman–Crippen MR) is 67.4 cm³/mol. The number of carbonyl (C=O) groups is 1. The van der Waals surface area contributed by atoms with E-state index in [2.05, 4.69) is 17.2 Å². The largest absolute Gasteiger partial charge is 0.349 e. The Bertz CT molecular complexity index is 512. The van der Waals surface area contributed by atoms with Crippen molar-refractivity contribution in [3.8, 4) is 11.8 Å². The number of benzene rings is 1. The Balaban J connectivity index is 2.09. The van der Waals surface area contributed by atoms with Gasteiger partial charge in [0, 0.05) is 11.6 Å². The maximum Gasteiger partial charge on any atom is 0.251 e. The van der Waals surface area contributed by atoms with Gasteiger partial charge in [0.1, 0.15) is 5.82 Å². The molecule has 0 aliphatic heterocycles. The number of nitrogens with one attached hydrogen (secondary N) is 1. The third kappa shape index (κ3) is 2.88. The molecule has 94 valence electrons. The lowest BCUT2D eigenvalue weighted by Gasteiger charge is -2.26. The van der Waals surface area contributed by atoms with Gasteiger partial charge >= 0.3 is 0 Å². The molecule has 4 heteroatoms. The summed E-state index contributed by atoms with van der Waals surface area (Å²) in [6.45, 7) is 0.184. The van der Waals surface area contributed by atoms with Gasteiger partial charge in [-0.2, -0.15) is 0 Å². The van der Waals surface area contributed by atoms with E-state index < -0.39 is 5.82 Å². The summed E-state index contributed by atoms with van der Waals surface area (Å²) < 4.78 is 13.6. The second kappa shape index (κ2) is 5.65. The smallest absolute Gasteiger partial charge is 0.251 e. The molecular formula is C14H15FN2O. The maximum atomic E-state index is 13.6. The van der Waals surface area contributed by atoms with Crippen LogP contribution < -0.4 is 11.1 Å². The van der Waals surface area contributed by atoms with Crippen molar-refractivity contribution in [3.63, 3.8) is 0 Å². The van der Waals surface area contributed by atoms with Crippen molar-refractivity contribution < 1.29 is 9.18 Å². The van der Waals surface area contributed by atoms with E-state index in [1.54, 1.807) is 6.07 Å². The van der Waals surface area contributed by atoms with E-state index in [1.807, 2.05) is 0 Å². The lowest BCUT2D eigenvalue weighted by molar-refractivity contribution is 0.0916. The molecule has 1 fully saturated rings. The van der Waals surface area contributed by atoms with Crippen LogP contribution in [0.15, 0.2) is 18.2 Å². The molecule has 1 aromatic carbocycles. The summed E-state index contributed by atoms with van der Waals surface area (Å²) in [5, 5.41) is 2.86. The molecule has 1 amide bonds. The van der Waals surface area contributed by atoms with E-state index in [4.69, 9.17) is 5.73 Å². The summed E-state index contributed by atoms with van der Waals surface area (Å²) in [7, 11) is 0. The Labute approximate surface area is 106 Å². The van der Waals surface area contributed by atoms with Gasteiger partial charge in [0.2, 0.25) is 0 Å². The van der Waals surface area contributed by atoms with Crippen molar-refractivity contribution >= 4 is 5.91 Å². The van der Waals surface area contributed by atoms with Crippen molar-refractivity contribution in [1.29, 1.82) is 0 Å². The number of nitrogens with two attached hydrogens (primary N) is 1. The maximum absolute atomic E-state index is 13.6. The van der Waals surface area contributed by atoms with E-state index in [0.717, 1.165) is 19.3 Å². The molecule has 0 radical (unpaired) electrons. The predicted octanol–water partition coefficient (Wildman–Crippen LogP) is 1.42. The summed E-state index contributed by atoms with van der Waals surface area (Å²) in [5.41, 5.74) is 5.82. The van der Waals surface area contributed by atoms with Crippen LogP contribution in [-0.2, 0) is 0 Å². The highest BCUT2D eigenvalue weighted by molar-refractivity contribution is 5.94.